The molecule has 3 N–H and O–H groups in total. The summed E-state index contributed by atoms with van der Waals surface area (Å²) in [6, 6.07) is 14.6. The van der Waals surface area contributed by atoms with E-state index < -0.39 is 11.2 Å². The van der Waals surface area contributed by atoms with Crippen LogP contribution in [0.1, 0.15) is 39.0 Å². The Balaban J connectivity index is 2.05. The van der Waals surface area contributed by atoms with Gasteiger partial charge in [0.15, 0.2) is 0 Å². The van der Waals surface area contributed by atoms with Gasteiger partial charge in [0.2, 0.25) is 0 Å². The van der Waals surface area contributed by atoms with Gasteiger partial charge in [0.05, 0.1) is 28.3 Å². The summed E-state index contributed by atoms with van der Waals surface area (Å²) >= 11 is 0. The van der Waals surface area contributed by atoms with Crippen LogP contribution < -0.4 is 5.59 Å². The maximum atomic E-state index is 10.2. The van der Waals surface area contributed by atoms with Crippen molar-refractivity contribution >= 4 is 24.5 Å². The van der Waals surface area contributed by atoms with Crippen molar-refractivity contribution in [2.45, 2.75) is 38.9 Å². The fourth-order valence-corrected chi connectivity index (χ4v) is 1.98. The lowest BCUT2D eigenvalue weighted by Gasteiger charge is -2.37. The van der Waals surface area contributed by atoms with Gasteiger partial charge < -0.3 is 15.2 Å². The van der Waals surface area contributed by atoms with Gasteiger partial charge in [0.1, 0.15) is 0 Å². The third kappa shape index (κ3) is 5.71. The standard InChI is InChI=1S/C21H25BN3O2/c1-20(2,26)21(3,4)27-22-19-12-8-11-18(25-19)17(24)14-13-16(23)15-9-6-5-7-10-15/h5-14,23-24,26H,1-4H3/b14-13-,23-16?,24-17?. The van der Waals surface area contributed by atoms with Crippen molar-refractivity contribution in [3.8, 4) is 0 Å². The summed E-state index contributed by atoms with van der Waals surface area (Å²) in [6.07, 6.45) is 3.15. The Kier molecular flexibility index (Phi) is 6.47. The van der Waals surface area contributed by atoms with Gasteiger partial charge in [-0.15, -0.1) is 0 Å². The molecule has 0 saturated carbocycles. The summed E-state index contributed by atoms with van der Waals surface area (Å²) in [5.74, 6) is 0. The summed E-state index contributed by atoms with van der Waals surface area (Å²) in [6.45, 7) is 6.97. The maximum absolute atomic E-state index is 10.2. The Morgan fingerprint density at radius 1 is 0.963 bits per heavy atom. The maximum Gasteiger partial charge on any atom is 0.351 e. The Morgan fingerprint density at radius 3 is 2.22 bits per heavy atom. The number of aliphatic hydroxyl groups is 1. The molecule has 1 aromatic carbocycles. The minimum Gasteiger partial charge on any atom is -0.425 e. The zero-order valence-corrected chi connectivity index (χ0v) is 16.2. The molecular weight excluding hydrogens is 337 g/mol. The highest BCUT2D eigenvalue weighted by Gasteiger charge is 2.35. The summed E-state index contributed by atoms with van der Waals surface area (Å²) in [5, 5.41) is 26.4. The van der Waals surface area contributed by atoms with Gasteiger partial charge in [-0.25, -0.2) is 0 Å². The molecule has 139 valence electrons. The summed E-state index contributed by atoms with van der Waals surface area (Å²) in [7, 11) is 1.49. The minimum absolute atomic E-state index is 0.202. The summed E-state index contributed by atoms with van der Waals surface area (Å²) in [5.41, 5.74) is 0.550. The number of nitrogens with one attached hydrogen (secondary N) is 2. The lowest BCUT2D eigenvalue weighted by atomic mass is 9.85. The normalized spacial score (nSPS) is 12.2. The zero-order valence-electron chi connectivity index (χ0n) is 16.2. The van der Waals surface area contributed by atoms with Gasteiger partial charge in [0, 0.05) is 5.59 Å². The number of hydrogen-bond acceptors (Lipinski definition) is 5. The van der Waals surface area contributed by atoms with E-state index in [-0.39, 0.29) is 5.71 Å². The van der Waals surface area contributed by atoms with E-state index in [2.05, 4.69) is 4.98 Å². The Bertz CT molecular complexity index is 840. The SMILES string of the molecule is CC(C)(O)C(C)(C)O[B]c1cccc(C(=N)/C=C\C(=N)c2ccccc2)n1. The Hall–Kier alpha value is -2.57. The predicted octanol–water partition coefficient (Wildman–Crippen LogP) is 2.88. The first-order valence-corrected chi connectivity index (χ1v) is 8.71. The van der Waals surface area contributed by atoms with Crippen LogP contribution in [0.15, 0.2) is 60.7 Å². The molecular formula is C21H25BN3O2. The molecule has 1 radical (unpaired) electrons. The third-order valence-corrected chi connectivity index (χ3v) is 4.50. The lowest BCUT2D eigenvalue weighted by molar-refractivity contribution is -0.0893. The van der Waals surface area contributed by atoms with Crippen LogP contribution in [0.2, 0.25) is 0 Å². The quantitative estimate of drug-likeness (QED) is 0.498. The van der Waals surface area contributed by atoms with Crippen molar-refractivity contribution in [1.82, 2.24) is 4.98 Å². The molecule has 0 saturated heterocycles. The van der Waals surface area contributed by atoms with E-state index in [1.165, 1.54) is 7.48 Å². The van der Waals surface area contributed by atoms with Crippen LogP contribution in [-0.4, -0.2) is 40.2 Å². The molecule has 0 aliphatic heterocycles. The molecule has 0 aliphatic rings. The number of pyridine rings is 1. The van der Waals surface area contributed by atoms with E-state index >= 15 is 0 Å². The van der Waals surface area contributed by atoms with Gasteiger partial charge >= 0.3 is 7.48 Å². The van der Waals surface area contributed by atoms with Gasteiger partial charge in [-0.2, -0.15) is 0 Å². The molecule has 1 aromatic heterocycles. The average molecular weight is 362 g/mol. The van der Waals surface area contributed by atoms with Crippen LogP contribution in [-0.2, 0) is 4.65 Å². The first kappa shape index (κ1) is 20.7. The molecule has 0 spiro atoms. The second-order valence-corrected chi connectivity index (χ2v) is 7.28. The van der Waals surface area contributed by atoms with E-state index in [9.17, 15) is 5.11 Å². The van der Waals surface area contributed by atoms with Gasteiger partial charge in [-0.3, -0.25) is 10.4 Å². The topological polar surface area (TPSA) is 90.0 Å². The molecule has 5 nitrogen and oxygen atoms in total. The fraction of sp³-hybridized carbons (Fsp3) is 0.286. The zero-order chi connectivity index (χ0) is 20.1. The molecule has 0 unspecified atom stereocenters. The van der Waals surface area contributed by atoms with E-state index in [0.29, 0.717) is 17.0 Å². The monoisotopic (exact) mass is 362 g/mol. The van der Waals surface area contributed by atoms with Gasteiger partial charge in [-0.1, -0.05) is 36.4 Å². The highest BCUT2D eigenvalue weighted by Crippen LogP contribution is 2.24. The van der Waals surface area contributed by atoms with E-state index in [0.717, 1.165) is 5.56 Å². The molecule has 27 heavy (non-hydrogen) atoms. The van der Waals surface area contributed by atoms with Gasteiger partial charge in [-0.05, 0) is 57.5 Å². The molecule has 1 heterocycles. The van der Waals surface area contributed by atoms with E-state index in [1.807, 2.05) is 30.3 Å². The molecule has 0 aliphatic carbocycles. The summed E-state index contributed by atoms with van der Waals surface area (Å²) < 4.78 is 5.71. The average Bonchev–Trinajstić information content (AvgIpc) is 2.64. The van der Waals surface area contributed by atoms with Crippen LogP contribution >= 0.6 is 0 Å². The van der Waals surface area contributed by atoms with Crippen LogP contribution in [0.25, 0.3) is 0 Å². The number of hydrogen-bond donors (Lipinski definition) is 3. The van der Waals surface area contributed by atoms with Crippen LogP contribution in [0.5, 0.6) is 0 Å². The van der Waals surface area contributed by atoms with Crippen molar-refractivity contribution in [3.63, 3.8) is 0 Å². The first-order valence-electron chi connectivity index (χ1n) is 8.71. The van der Waals surface area contributed by atoms with Crippen molar-refractivity contribution in [2.24, 2.45) is 0 Å². The van der Waals surface area contributed by atoms with Crippen LogP contribution in [0.4, 0.5) is 0 Å². The predicted molar refractivity (Wildman–Crippen MR) is 110 cm³/mol. The Morgan fingerprint density at radius 2 is 1.59 bits per heavy atom. The molecule has 2 rings (SSSR count). The van der Waals surface area contributed by atoms with E-state index in [1.54, 1.807) is 58.0 Å². The number of allylic oxidation sites excluding steroid dienone is 2. The molecule has 2 aromatic rings. The first-order chi connectivity index (χ1) is 12.6. The molecule has 0 amide bonds. The van der Waals surface area contributed by atoms with Crippen LogP contribution in [0.3, 0.4) is 0 Å². The number of rotatable bonds is 8. The second-order valence-electron chi connectivity index (χ2n) is 7.28. The molecule has 0 fully saturated rings. The molecule has 0 atom stereocenters. The van der Waals surface area contributed by atoms with Crippen molar-refractivity contribution in [3.05, 3.63) is 71.9 Å². The highest BCUT2D eigenvalue weighted by atomic mass is 16.5. The second kappa shape index (κ2) is 8.42. The smallest absolute Gasteiger partial charge is 0.351 e. The number of nitrogens with zero attached hydrogens (tertiary/aromatic N) is 1. The lowest BCUT2D eigenvalue weighted by Crippen LogP contribution is -2.49. The van der Waals surface area contributed by atoms with Crippen molar-refractivity contribution in [2.75, 3.05) is 0 Å². The summed E-state index contributed by atoms with van der Waals surface area (Å²) in [4.78, 5) is 4.40. The third-order valence-electron chi connectivity index (χ3n) is 4.50. The fourth-order valence-electron chi connectivity index (χ4n) is 1.98. The van der Waals surface area contributed by atoms with Crippen molar-refractivity contribution < 1.29 is 9.76 Å². The van der Waals surface area contributed by atoms with Crippen LogP contribution in [0, 0.1) is 10.8 Å². The number of aromatic nitrogens is 1. The minimum atomic E-state index is -1.02. The molecule has 6 heteroatoms. The highest BCUT2D eigenvalue weighted by molar-refractivity contribution is 6.45. The largest absolute Gasteiger partial charge is 0.425 e. The van der Waals surface area contributed by atoms with E-state index in [4.69, 9.17) is 15.5 Å². The Labute approximate surface area is 161 Å². The van der Waals surface area contributed by atoms with Gasteiger partial charge in [0.25, 0.3) is 0 Å². The van der Waals surface area contributed by atoms with Crippen molar-refractivity contribution in [1.29, 1.82) is 10.8 Å². The number of benzene rings is 1. The molecule has 0 bridgehead atoms.